The molecular weight excluding hydrogens is 729 g/mol. The summed E-state index contributed by atoms with van der Waals surface area (Å²) in [5.74, 6) is -3.81. The summed E-state index contributed by atoms with van der Waals surface area (Å²) in [6.07, 6.45) is 0. The molecular formula is C30H26N8O12S2. The molecule has 0 saturated carbocycles. The third kappa shape index (κ3) is 9.01. The molecule has 0 aliphatic heterocycles. The summed E-state index contributed by atoms with van der Waals surface area (Å²) < 4.78 is 39.2. The Kier molecular flexibility index (Phi) is 11.4. The second-order valence-corrected chi connectivity index (χ2v) is 12.7. The van der Waals surface area contributed by atoms with E-state index in [-0.39, 0.29) is 70.1 Å². The number of nitrogens with one attached hydrogen (secondary N) is 3. The topological polar surface area (TPSA) is 308 Å². The lowest BCUT2D eigenvalue weighted by atomic mass is 10.1. The number of carbonyl (C=O) groups is 2. The summed E-state index contributed by atoms with van der Waals surface area (Å²) in [7, 11) is -4.87. The lowest BCUT2D eigenvalue weighted by Crippen LogP contribution is -2.12. The summed E-state index contributed by atoms with van der Waals surface area (Å²) in [6.45, 7) is 1.68. The predicted octanol–water partition coefficient (Wildman–Crippen LogP) is 5.42. The molecule has 0 bridgehead atoms. The number of aromatic carboxylic acids is 2. The van der Waals surface area contributed by atoms with Crippen LogP contribution in [0.15, 0.2) is 80.7 Å². The largest absolute Gasteiger partial charge is 0.505 e. The quantitative estimate of drug-likeness (QED) is 0.0212. The molecule has 1 heterocycles. The second kappa shape index (κ2) is 15.9. The average molecular weight is 755 g/mol. The molecule has 52 heavy (non-hydrogen) atoms. The molecule has 0 spiro atoms. The molecule has 0 saturated heterocycles. The maximum Gasteiger partial charge on any atom is 0.335 e. The van der Waals surface area contributed by atoms with Crippen LogP contribution in [0.3, 0.4) is 0 Å². The van der Waals surface area contributed by atoms with Crippen molar-refractivity contribution in [3.05, 3.63) is 77.4 Å². The Hall–Kier alpha value is -6.01. The lowest BCUT2D eigenvalue weighted by Gasteiger charge is -2.16. The molecule has 0 fully saturated rings. The number of nitrogens with zero attached hydrogens (tertiary/aromatic N) is 5. The Morgan fingerprint density at radius 1 is 0.885 bits per heavy atom. The van der Waals surface area contributed by atoms with Gasteiger partial charge in [-0.15, -0.1) is 9.45 Å². The highest BCUT2D eigenvalue weighted by Gasteiger charge is 2.23. The highest BCUT2D eigenvalue weighted by Crippen LogP contribution is 2.47. The lowest BCUT2D eigenvalue weighted by molar-refractivity contribution is -0.432. The SMILES string of the molecule is Cc1ccc(Nc2nc(NCCO)nc(Nc3cc(S(=O)(=O)O)cc4cc(SOOO)c(N=Nc5cc(C(=O)O)cc(C(=O)O)c5)c(O)c34)n2)cc1. The van der Waals surface area contributed by atoms with Crippen molar-refractivity contribution in [2.45, 2.75) is 16.7 Å². The number of aliphatic hydroxyl groups is 1. The zero-order valence-electron chi connectivity index (χ0n) is 26.4. The molecule has 5 aromatic rings. The molecule has 4 aromatic carbocycles. The third-order valence-electron chi connectivity index (χ3n) is 6.84. The second-order valence-electron chi connectivity index (χ2n) is 10.5. The van der Waals surface area contributed by atoms with Gasteiger partial charge in [-0.1, -0.05) is 22.7 Å². The van der Waals surface area contributed by atoms with Crippen LogP contribution in [0.4, 0.5) is 40.6 Å². The van der Waals surface area contributed by atoms with Crippen LogP contribution in [0.5, 0.6) is 5.75 Å². The first-order valence-electron chi connectivity index (χ1n) is 14.5. The first-order chi connectivity index (χ1) is 24.7. The van der Waals surface area contributed by atoms with Crippen molar-refractivity contribution in [2.24, 2.45) is 10.2 Å². The summed E-state index contributed by atoms with van der Waals surface area (Å²) in [5.41, 5.74) is -0.0922. The number of phenols is 1. The van der Waals surface area contributed by atoms with Crippen molar-refractivity contribution in [1.29, 1.82) is 0 Å². The van der Waals surface area contributed by atoms with Gasteiger partial charge in [0.1, 0.15) is 5.69 Å². The van der Waals surface area contributed by atoms with Gasteiger partial charge < -0.3 is 36.4 Å². The Balaban J connectivity index is 1.69. The van der Waals surface area contributed by atoms with Gasteiger partial charge in [0.25, 0.3) is 10.1 Å². The minimum Gasteiger partial charge on any atom is -0.505 e. The van der Waals surface area contributed by atoms with E-state index in [2.05, 4.69) is 50.5 Å². The van der Waals surface area contributed by atoms with Crippen LogP contribution >= 0.6 is 12.0 Å². The van der Waals surface area contributed by atoms with Crippen molar-refractivity contribution >= 4 is 85.5 Å². The maximum atomic E-state index is 12.3. The molecule has 22 heteroatoms. The van der Waals surface area contributed by atoms with E-state index in [1.807, 2.05) is 19.1 Å². The average Bonchev–Trinajstić information content (AvgIpc) is 3.09. The van der Waals surface area contributed by atoms with Gasteiger partial charge in [-0.3, -0.25) is 4.55 Å². The number of aliphatic hydroxyl groups excluding tert-OH is 1. The van der Waals surface area contributed by atoms with Crippen LogP contribution < -0.4 is 16.0 Å². The van der Waals surface area contributed by atoms with Crippen molar-refractivity contribution in [3.63, 3.8) is 0 Å². The highest BCUT2D eigenvalue weighted by atomic mass is 32.2. The fourth-order valence-electron chi connectivity index (χ4n) is 4.56. The van der Waals surface area contributed by atoms with Gasteiger partial charge in [0.15, 0.2) is 5.75 Å². The molecule has 5 rings (SSSR count). The fraction of sp³-hybridized carbons (Fsp3) is 0.100. The van der Waals surface area contributed by atoms with Crippen molar-refractivity contribution in [1.82, 2.24) is 15.0 Å². The molecule has 9 N–H and O–H groups in total. The fourth-order valence-corrected chi connectivity index (χ4v) is 5.60. The number of aromatic nitrogens is 3. The Labute approximate surface area is 296 Å². The molecule has 0 unspecified atom stereocenters. The van der Waals surface area contributed by atoms with Crippen LogP contribution in [-0.4, -0.2) is 78.7 Å². The molecule has 1 aromatic heterocycles. The monoisotopic (exact) mass is 754 g/mol. The van der Waals surface area contributed by atoms with Crippen LogP contribution in [-0.2, 0) is 19.5 Å². The number of hydrogen-bond donors (Lipinski definition) is 9. The van der Waals surface area contributed by atoms with Gasteiger partial charge >= 0.3 is 11.9 Å². The molecule has 0 radical (unpaired) electrons. The minimum atomic E-state index is -4.87. The number of carboxylic acid groups (broad SMARTS) is 2. The van der Waals surface area contributed by atoms with Gasteiger partial charge in [-0.05, 0) is 60.8 Å². The van der Waals surface area contributed by atoms with Crippen molar-refractivity contribution in [2.75, 3.05) is 29.1 Å². The van der Waals surface area contributed by atoms with E-state index in [1.165, 1.54) is 6.07 Å². The number of hydrogen-bond acceptors (Lipinski definition) is 18. The Morgan fingerprint density at radius 3 is 2.12 bits per heavy atom. The number of fused-ring (bicyclic) bond motifs is 1. The minimum absolute atomic E-state index is 0.0138. The maximum absolute atomic E-state index is 12.3. The summed E-state index contributed by atoms with van der Waals surface area (Å²) in [5, 5.41) is 68.6. The summed E-state index contributed by atoms with van der Waals surface area (Å²) in [4.78, 5) is 35.3. The van der Waals surface area contributed by atoms with Crippen LogP contribution in [0, 0.1) is 6.92 Å². The first kappa shape index (κ1) is 37.3. The van der Waals surface area contributed by atoms with E-state index < -0.39 is 49.5 Å². The smallest absolute Gasteiger partial charge is 0.335 e. The van der Waals surface area contributed by atoms with Crippen LogP contribution in [0.2, 0.25) is 0 Å². The molecule has 0 atom stereocenters. The molecule has 270 valence electrons. The summed E-state index contributed by atoms with van der Waals surface area (Å²) >= 11 is 0.287. The van der Waals surface area contributed by atoms with Crippen LogP contribution in [0.1, 0.15) is 26.3 Å². The molecule has 20 nitrogen and oxygen atoms in total. The number of aromatic hydroxyl groups is 1. The molecule has 0 aliphatic carbocycles. The Bertz CT molecular complexity index is 2280. The number of phenolic OH excluding ortho intramolecular Hbond substituents is 1. The normalized spacial score (nSPS) is 11.5. The van der Waals surface area contributed by atoms with Gasteiger partial charge in [-0.25, -0.2) is 14.8 Å². The van der Waals surface area contributed by atoms with Crippen molar-refractivity contribution < 1.29 is 57.6 Å². The first-order valence-corrected chi connectivity index (χ1v) is 16.6. The van der Waals surface area contributed by atoms with Gasteiger partial charge in [0, 0.05) is 17.6 Å². The van der Waals surface area contributed by atoms with Crippen molar-refractivity contribution in [3.8, 4) is 5.75 Å². The van der Waals surface area contributed by atoms with E-state index in [0.717, 1.165) is 35.9 Å². The molecule has 0 amide bonds. The van der Waals surface area contributed by atoms with E-state index in [0.29, 0.717) is 5.69 Å². The number of anilines is 5. The molecule has 0 aliphatic rings. The summed E-state index contributed by atoms with van der Waals surface area (Å²) in [6, 6.07) is 13.4. The number of rotatable bonds is 15. The van der Waals surface area contributed by atoms with E-state index in [4.69, 9.17) is 5.26 Å². The number of benzene rings is 4. The van der Waals surface area contributed by atoms with Gasteiger partial charge in [0.2, 0.25) is 17.8 Å². The highest BCUT2D eigenvalue weighted by molar-refractivity contribution is 7.94. The zero-order valence-corrected chi connectivity index (χ0v) is 28.0. The van der Waals surface area contributed by atoms with Crippen LogP contribution in [0.25, 0.3) is 10.8 Å². The number of azo groups is 1. The number of aryl methyl sites for hydroxylation is 1. The van der Waals surface area contributed by atoms with Gasteiger partial charge in [0.05, 0.1) is 50.9 Å². The third-order valence-corrected chi connectivity index (χ3v) is 8.29. The standard InChI is InChI=1S/C30H26N8O12S2/c1-14-2-4-18(5-3-14)32-29-34-28(31-6-7-39)35-30(36-29)33-21-13-20(52(46,47)48)11-15-12-22(51-50-49-45)24(25(40)23(15)21)38-37-19-9-16(26(41)42)8-17(10-19)27(43)44/h2-5,8-13,39-40,45H,6-7H2,1H3,(H,41,42)(H,43,44)(H,46,47,48)(H3,31,32,33,34,35,36). The Morgan fingerprint density at radius 2 is 1.52 bits per heavy atom. The van der Waals surface area contributed by atoms with E-state index in [1.54, 1.807) is 12.1 Å². The van der Waals surface area contributed by atoms with Gasteiger partial charge in [-0.2, -0.15) is 28.5 Å². The zero-order chi connectivity index (χ0) is 37.6. The van der Waals surface area contributed by atoms with E-state index >= 15 is 0 Å². The predicted molar refractivity (Wildman–Crippen MR) is 184 cm³/mol. The number of carboxylic acids is 2. The van der Waals surface area contributed by atoms with E-state index in [9.17, 15) is 43.0 Å².